The van der Waals surface area contributed by atoms with Crippen LogP contribution in [0.2, 0.25) is 0 Å². The van der Waals surface area contributed by atoms with Crippen molar-refractivity contribution in [1.82, 2.24) is 0 Å². The van der Waals surface area contributed by atoms with Crippen molar-refractivity contribution in [3.8, 4) is 5.75 Å². The van der Waals surface area contributed by atoms with Crippen molar-refractivity contribution in [2.75, 3.05) is 0 Å². The van der Waals surface area contributed by atoms with E-state index in [0.29, 0.717) is 16.9 Å². The average molecular weight is 310 g/mol. The van der Waals surface area contributed by atoms with Crippen molar-refractivity contribution in [2.24, 2.45) is 5.73 Å². The molecule has 0 bridgehead atoms. The van der Waals surface area contributed by atoms with Gasteiger partial charge in [0.25, 0.3) is 0 Å². The molecular weight excluding hydrogens is 297 g/mol. The number of rotatable bonds is 4. The third-order valence-electron chi connectivity index (χ3n) is 2.57. The first kappa shape index (κ1) is 13.1. The van der Waals surface area contributed by atoms with Crippen LogP contribution in [0.4, 0.5) is 4.39 Å². The summed E-state index contributed by atoms with van der Waals surface area (Å²) in [6, 6.07) is 12.6. The van der Waals surface area contributed by atoms with Gasteiger partial charge in [-0.1, -0.05) is 40.2 Å². The first-order valence-electron chi connectivity index (χ1n) is 5.55. The van der Waals surface area contributed by atoms with E-state index in [4.69, 9.17) is 10.5 Å². The molecule has 2 N–H and O–H groups in total. The Hall–Kier alpha value is -1.39. The first-order chi connectivity index (χ1) is 8.70. The second-order valence-electron chi connectivity index (χ2n) is 3.84. The van der Waals surface area contributed by atoms with E-state index in [2.05, 4.69) is 15.9 Å². The van der Waals surface area contributed by atoms with E-state index in [1.54, 1.807) is 18.2 Å². The topological polar surface area (TPSA) is 35.2 Å². The molecule has 2 rings (SSSR count). The number of hydrogen-bond acceptors (Lipinski definition) is 2. The molecule has 2 aromatic rings. The molecule has 2 aromatic carbocycles. The van der Waals surface area contributed by atoms with E-state index in [1.165, 1.54) is 0 Å². The molecule has 4 heteroatoms. The minimum atomic E-state index is -0.282. The van der Waals surface area contributed by atoms with Gasteiger partial charge < -0.3 is 10.5 Å². The zero-order chi connectivity index (χ0) is 13.0. The molecule has 0 fully saturated rings. The molecule has 0 unspecified atom stereocenters. The lowest BCUT2D eigenvalue weighted by Crippen LogP contribution is -2.05. The Morgan fingerprint density at radius 1 is 1.11 bits per heavy atom. The van der Waals surface area contributed by atoms with Crippen LogP contribution < -0.4 is 10.5 Å². The molecule has 94 valence electrons. The van der Waals surface area contributed by atoms with Gasteiger partial charge in [0.2, 0.25) is 0 Å². The van der Waals surface area contributed by atoms with E-state index in [9.17, 15) is 4.39 Å². The zero-order valence-corrected chi connectivity index (χ0v) is 11.3. The summed E-state index contributed by atoms with van der Waals surface area (Å²) in [5.41, 5.74) is 6.48. The molecule has 0 aliphatic carbocycles. The SMILES string of the molecule is NCc1cccc(COc2cccc(Br)c2)c1F. The molecular formula is C14H13BrFNO. The van der Waals surface area contributed by atoms with Gasteiger partial charge in [0.15, 0.2) is 0 Å². The van der Waals surface area contributed by atoms with Crippen LogP contribution in [0.5, 0.6) is 5.75 Å². The third kappa shape index (κ3) is 3.09. The molecule has 0 amide bonds. The summed E-state index contributed by atoms with van der Waals surface area (Å²) < 4.78 is 20.4. The van der Waals surface area contributed by atoms with E-state index >= 15 is 0 Å². The highest BCUT2D eigenvalue weighted by Gasteiger charge is 2.07. The van der Waals surface area contributed by atoms with Crippen LogP contribution in [0.3, 0.4) is 0 Å². The fourth-order valence-electron chi connectivity index (χ4n) is 1.62. The molecule has 0 saturated carbocycles. The number of hydrogen-bond donors (Lipinski definition) is 1. The Labute approximate surface area is 114 Å². The highest BCUT2D eigenvalue weighted by atomic mass is 79.9. The lowest BCUT2D eigenvalue weighted by atomic mass is 10.1. The molecule has 0 spiro atoms. The predicted octanol–water partition coefficient (Wildman–Crippen LogP) is 3.63. The van der Waals surface area contributed by atoms with Gasteiger partial charge in [-0.15, -0.1) is 0 Å². The number of halogens is 2. The van der Waals surface area contributed by atoms with Gasteiger partial charge in [-0.3, -0.25) is 0 Å². The van der Waals surface area contributed by atoms with Gasteiger partial charge in [0.1, 0.15) is 18.2 Å². The normalized spacial score (nSPS) is 10.4. The van der Waals surface area contributed by atoms with Gasteiger partial charge in [-0.2, -0.15) is 0 Å². The second-order valence-corrected chi connectivity index (χ2v) is 4.76. The molecule has 0 aliphatic heterocycles. The lowest BCUT2D eigenvalue weighted by Gasteiger charge is -2.09. The van der Waals surface area contributed by atoms with Crippen molar-refractivity contribution in [3.05, 3.63) is 63.9 Å². The van der Waals surface area contributed by atoms with Gasteiger partial charge >= 0.3 is 0 Å². The standard InChI is InChI=1S/C14H13BrFNO/c15-12-5-2-6-13(7-12)18-9-11-4-1-3-10(8-17)14(11)16/h1-7H,8-9,17H2. The minimum Gasteiger partial charge on any atom is -0.489 e. The predicted molar refractivity (Wildman–Crippen MR) is 72.8 cm³/mol. The molecule has 2 nitrogen and oxygen atoms in total. The maximum Gasteiger partial charge on any atom is 0.134 e. The summed E-state index contributed by atoms with van der Waals surface area (Å²) in [6.45, 7) is 0.382. The molecule has 0 aliphatic rings. The first-order valence-corrected chi connectivity index (χ1v) is 6.34. The molecule has 0 radical (unpaired) electrons. The monoisotopic (exact) mass is 309 g/mol. The molecule has 0 aromatic heterocycles. The minimum absolute atomic E-state index is 0.191. The van der Waals surface area contributed by atoms with Gasteiger partial charge in [0.05, 0.1) is 0 Å². The Morgan fingerprint density at radius 3 is 2.56 bits per heavy atom. The molecule has 0 atom stereocenters. The van der Waals surface area contributed by atoms with Crippen molar-refractivity contribution in [3.63, 3.8) is 0 Å². The van der Waals surface area contributed by atoms with Crippen LogP contribution in [0.1, 0.15) is 11.1 Å². The Balaban J connectivity index is 2.11. The fourth-order valence-corrected chi connectivity index (χ4v) is 2.00. The molecule has 0 heterocycles. The quantitative estimate of drug-likeness (QED) is 0.936. The number of nitrogens with two attached hydrogens (primary N) is 1. The summed E-state index contributed by atoms with van der Waals surface area (Å²) >= 11 is 3.36. The Bertz CT molecular complexity index is 545. The Morgan fingerprint density at radius 2 is 1.83 bits per heavy atom. The van der Waals surface area contributed by atoms with Crippen molar-refractivity contribution in [1.29, 1.82) is 0 Å². The van der Waals surface area contributed by atoms with Gasteiger partial charge in [0, 0.05) is 22.1 Å². The van der Waals surface area contributed by atoms with Crippen molar-refractivity contribution < 1.29 is 9.13 Å². The number of benzene rings is 2. The van der Waals surface area contributed by atoms with Crippen LogP contribution >= 0.6 is 15.9 Å². The van der Waals surface area contributed by atoms with Crippen LogP contribution in [0, 0.1) is 5.82 Å². The van der Waals surface area contributed by atoms with Gasteiger partial charge in [-0.05, 0) is 18.2 Å². The van der Waals surface area contributed by atoms with Crippen LogP contribution in [-0.2, 0) is 13.2 Å². The molecule has 18 heavy (non-hydrogen) atoms. The summed E-state index contributed by atoms with van der Waals surface area (Å²) in [7, 11) is 0. The fraction of sp³-hybridized carbons (Fsp3) is 0.143. The smallest absolute Gasteiger partial charge is 0.134 e. The van der Waals surface area contributed by atoms with E-state index in [1.807, 2.05) is 24.3 Å². The third-order valence-corrected chi connectivity index (χ3v) is 3.06. The maximum atomic E-state index is 13.9. The van der Waals surface area contributed by atoms with E-state index < -0.39 is 0 Å². The van der Waals surface area contributed by atoms with Crippen LogP contribution in [0.25, 0.3) is 0 Å². The van der Waals surface area contributed by atoms with Crippen LogP contribution in [0.15, 0.2) is 46.9 Å². The summed E-state index contributed by atoms with van der Waals surface area (Å²) in [6.07, 6.45) is 0. The second kappa shape index (κ2) is 5.98. The van der Waals surface area contributed by atoms with E-state index in [0.717, 1.165) is 4.47 Å². The van der Waals surface area contributed by atoms with E-state index in [-0.39, 0.29) is 19.0 Å². The highest BCUT2D eigenvalue weighted by molar-refractivity contribution is 9.10. The highest BCUT2D eigenvalue weighted by Crippen LogP contribution is 2.20. The van der Waals surface area contributed by atoms with Crippen molar-refractivity contribution >= 4 is 15.9 Å². The largest absolute Gasteiger partial charge is 0.489 e. The molecule has 0 saturated heterocycles. The summed E-state index contributed by atoms with van der Waals surface area (Å²) in [5, 5.41) is 0. The summed E-state index contributed by atoms with van der Waals surface area (Å²) in [4.78, 5) is 0. The lowest BCUT2D eigenvalue weighted by molar-refractivity contribution is 0.299. The summed E-state index contributed by atoms with van der Waals surface area (Å²) in [5.74, 6) is 0.414. The zero-order valence-electron chi connectivity index (χ0n) is 9.70. The van der Waals surface area contributed by atoms with Crippen molar-refractivity contribution in [2.45, 2.75) is 13.2 Å². The average Bonchev–Trinajstić information content (AvgIpc) is 2.38. The maximum absolute atomic E-state index is 13.9. The van der Waals surface area contributed by atoms with Gasteiger partial charge in [-0.25, -0.2) is 4.39 Å². The van der Waals surface area contributed by atoms with Crippen LogP contribution in [-0.4, -0.2) is 0 Å². The Kier molecular flexibility index (Phi) is 4.33. The number of ether oxygens (including phenoxy) is 1.